The van der Waals surface area contributed by atoms with Gasteiger partial charge in [0.15, 0.2) is 0 Å². The van der Waals surface area contributed by atoms with Crippen molar-refractivity contribution in [3.63, 3.8) is 0 Å². The zero-order valence-electron chi connectivity index (χ0n) is 7.58. The Bertz CT molecular complexity index is 192. The first-order valence-corrected chi connectivity index (χ1v) is 4.72. The number of ether oxygens (including phenoxy) is 1. The highest BCUT2D eigenvalue weighted by molar-refractivity contribution is 5.69. The van der Waals surface area contributed by atoms with Gasteiger partial charge in [-0.3, -0.25) is 4.90 Å². The van der Waals surface area contributed by atoms with Gasteiger partial charge in [0.2, 0.25) is 0 Å². The van der Waals surface area contributed by atoms with E-state index in [0.29, 0.717) is 6.54 Å². The van der Waals surface area contributed by atoms with Gasteiger partial charge >= 0.3 is 6.09 Å². The van der Waals surface area contributed by atoms with E-state index < -0.39 is 0 Å². The molecule has 0 aliphatic carbocycles. The number of alkyl carbamates (subject to hydrolysis) is 1. The number of nitrogens with zero attached hydrogens (tertiary/aromatic N) is 1. The van der Waals surface area contributed by atoms with Crippen LogP contribution in [0.1, 0.15) is 0 Å². The van der Waals surface area contributed by atoms with Gasteiger partial charge in [0, 0.05) is 32.7 Å². The lowest BCUT2D eigenvalue weighted by molar-refractivity contribution is 0.103. The van der Waals surface area contributed by atoms with Crippen LogP contribution < -0.4 is 10.6 Å². The second kappa shape index (κ2) is 3.93. The Morgan fingerprint density at radius 3 is 2.85 bits per heavy atom. The molecule has 2 rings (SSSR count). The molecule has 5 heteroatoms. The van der Waals surface area contributed by atoms with E-state index in [-0.39, 0.29) is 12.2 Å². The van der Waals surface area contributed by atoms with Crippen molar-refractivity contribution in [1.82, 2.24) is 15.5 Å². The molecule has 0 unspecified atom stereocenters. The molecule has 1 atom stereocenters. The molecule has 2 aliphatic rings. The molecule has 0 spiro atoms. The number of carbonyl (C=O) groups excluding carboxylic acids is 1. The van der Waals surface area contributed by atoms with Crippen molar-refractivity contribution in [2.75, 3.05) is 39.3 Å². The zero-order valence-corrected chi connectivity index (χ0v) is 7.58. The number of rotatable bonds is 2. The molecule has 2 fully saturated rings. The number of hydrogen-bond donors (Lipinski definition) is 2. The molecular weight excluding hydrogens is 170 g/mol. The summed E-state index contributed by atoms with van der Waals surface area (Å²) in [6.07, 6.45) is -0.231. The van der Waals surface area contributed by atoms with E-state index in [1.807, 2.05) is 0 Å². The largest absolute Gasteiger partial charge is 0.443 e. The number of cyclic esters (lactones) is 1. The van der Waals surface area contributed by atoms with Crippen molar-refractivity contribution in [3.8, 4) is 0 Å². The van der Waals surface area contributed by atoms with E-state index in [9.17, 15) is 4.79 Å². The van der Waals surface area contributed by atoms with Crippen molar-refractivity contribution in [3.05, 3.63) is 0 Å². The van der Waals surface area contributed by atoms with Gasteiger partial charge in [-0.1, -0.05) is 0 Å². The summed E-state index contributed by atoms with van der Waals surface area (Å²) in [5, 5.41) is 5.94. The predicted octanol–water partition coefficient (Wildman–Crippen LogP) is -1.000. The summed E-state index contributed by atoms with van der Waals surface area (Å²) in [6, 6.07) is 0. The standard InChI is InChI=1S/C8H15N3O2/c12-8-10-5-7(13-8)6-11-3-1-9-2-4-11/h7,9H,1-6H2,(H,10,12)/t7-/m0/s1. The molecule has 1 amide bonds. The lowest BCUT2D eigenvalue weighted by Gasteiger charge is -2.28. The highest BCUT2D eigenvalue weighted by atomic mass is 16.6. The summed E-state index contributed by atoms with van der Waals surface area (Å²) in [6.45, 7) is 5.69. The molecule has 2 saturated heterocycles. The van der Waals surface area contributed by atoms with E-state index in [0.717, 1.165) is 32.7 Å². The SMILES string of the molecule is O=C1NC[C@@H](CN2CCNCC2)O1. The van der Waals surface area contributed by atoms with Crippen LogP contribution in [-0.4, -0.2) is 56.4 Å². The Hall–Kier alpha value is -0.810. The molecule has 13 heavy (non-hydrogen) atoms. The molecule has 0 aromatic carbocycles. The molecular formula is C8H15N3O2. The van der Waals surface area contributed by atoms with Crippen molar-refractivity contribution < 1.29 is 9.53 Å². The van der Waals surface area contributed by atoms with Crippen LogP contribution >= 0.6 is 0 Å². The number of carbonyl (C=O) groups is 1. The van der Waals surface area contributed by atoms with Crippen molar-refractivity contribution >= 4 is 6.09 Å². The molecule has 0 bridgehead atoms. The lowest BCUT2D eigenvalue weighted by Crippen LogP contribution is -2.46. The first-order chi connectivity index (χ1) is 6.34. The highest BCUT2D eigenvalue weighted by Crippen LogP contribution is 2.03. The smallest absolute Gasteiger partial charge is 0.407 e. The second-order valence-corrected chi connectivity index (χ2v) is 3.46. The van der Waals surface area contributed by atoms with Crippen LogP contribution in [-0.2, 0) is 4.74 Å². The minimum absolute atomic E-state index is 0.0469. The van der Waals surface area contributed by atoms with E-state index in [4.69, 9.17) is 4.74 Å². The predicted molar refractivity (Wildman–Crippen MR) is 47.6 cm³/mol. The maximum Gasteiger partial charge on any atom is 0.407 e. The summed E-state index contributed by atoms with van der Waals surface area (Å²) in [5.41, 5.74) is 0. The molecule has 5 nitrogen and oxygen atoms in total. The van der Waals surface area contributed by atoms with Crippen LogP contribution in [0.2, 0.25) is 0 Å². The minimum atomic E-state index is -0.278. The van der Waals surface area contributed by atoms with E-state index in [1.165, 1.54) is 0 Å². The van der Waals surface area contributed by atoms with Gasteiger partial charge in [-0.25, -0.2) is 4.79 Å². The van der Waals surface area contributed by atoms with Gasteiger partial charge in [-0.2, -0.15) is 0 Å². The fourth-order valence-electron chi connectivity index (χ4n) is 1.72. The van der Waals surface area contributed by atoms with Gasteiger partial charge in [0.1, 0.15) is 6.10 Å². The molecule has 2 N–H and O–H groups in total. The Balaban J connectivity index is 1.73. The first kappa shape index (κ1) is 8.77. The minimum Gasteiger partial charge on any atom is -0.443 e. The maximum absolute atomic E-state index is 10.7. The summed E-state index contributed by atoms with van der Waals surface area (Å²) >= 11 is 0. The number of nitrogens with one attached hydrogen (secondary N) is 2. The Morgan fingerprint density at radius 2 is 2.23 bits per heavy atom. The molecule has 0 saturated carbocycles. The van der Waals surface area contributed by atoms with Gasteiger partial charge in [-0.15, -0.1) is 0 Å². The first-order valence-electron chi connectivity index (χ1n) is 4.72. The molecule has 74 valence electrons. The average molecular weight is 185 g/mol. The van der Waals surface area contributed by atoms with Gasteiger partial charge in [-0.05, 0) is 0 Å². The van der Waals surface area contributed by atoms with Crippen molar-refractivity contribution in [2.45, 2.75) is 6.10 Å². The second-order valence-electron chi connectivity index (χ2n) is 3.46. The van der Waals surface area contributed by atoms with Gasteiger partial charge < -0.3 is 15.4 Å². The molecule has 2 heterocycles. The Labute approximate surface area is 77.4 Å². The molecule has 0 aromatic rings. The van der Waals surface area contributed by atoms with Crippen molar-refractivity contribution in [1.29, 1.82) is 0 Å². The summed E-state index contributed by atoms with van der Waals surface area (Å²) in [5.74, 6) is 0. The van der Waals surface area contributed by atoms with Gasteiger partial charge in [0.25, 0.3) is 0 Å². The third-order valence-electron chi connectivity index (χ3n) is 2.42. The van der Waals surface area contributed by atoms with Crippen LogP contribution in [0.5, 0.6) is 0 Å². The third-order valence-corrected chi connectivity index (χ3v) is 2.42. The summed E-state index contributed by atoms with van der Waals surface area (Å²) in [4.78, 5) is 13.1. The summed E-state index contributed by atoms with van der Waals surface area (Å²) in [7, 11) is 0. The third kappa shape index (κ3) is 2.32. The van der Waals surface area contributed by atoms with E-state index >= 15 is 0 Å². The average Bonchev–Trinajstić information content (AvgIpc) is 2.53. The molecule has 0 aromatic heterocycles. The normalized spacial score (nSPS) is 29.8. The lowest BCUT2D eigenvalue weighted by atomic mass is 10.3. The van der Waals surface area contributed by atoms with Gasteiger partial charge in [0.05, 0.1) is 6.54 Å². The van der Waals surface area contributed by atoms with Crippen LogP contribution in [0.25, 0.3) is 0 Å². The van der Waals surface area contributed by atoms with Crippen LogP contribution in [0.4, 0.5) is 4.79 Å². The van der Waals surface area contributed by atoms with Crippen LogP contribution in [0.3, 0.4) is 0 Å². The maximum atomic E-state index is 10.7. The van der Waals surface area contributed by atoms with Crippen LogP contribution in [0, 0.1) is 0 Å². The Morgan fingerprint density at radius 1 is 1.46 bits per heavy atom. The fourth-order valence-corrected chi connectivity index (χ4v) is 1.72. The number of amides is 1. The van der Waals surface area contributed by atoms with Crippen LogP contribution in [0.15, 0.2) is 0 Å². The van der Waals surface area contributed by atoms with E-state index in [1.54, 1.807) is 0 Å². The van der Waals surface area contributed by atoms with E-state index in [2.05, 4.69) is 15.5 Å². The fraction of sp³-hybridized carbons (Fsp3) is 0.875. The number of piperazine rings is 1. The highest BCUT2D eigenvalue weighted by Gasteiger charge is 2.25. The zero-order chi connectivity index (χ0) is 9.10. The Kier molecular flexibility index (Phi) is 2.65. The quantitative estimate of drug-likeness (QED) is 0.579. The monoisotopic (exact) mass is 185 g/mol. The number of hydrogen-bond acceptors (Lipinski definition) is 4. The molecule has 2 aliphatic heterocycles. The van der Waals surface area contributed by atoms with Crippen molar-refractivity contribution in [2.24, 2.45) is 0 Å². The summed E-state index contributed by atoms with van der Waals surface area (Å²) < 4.78 is 5.05. The molecule has 0 radical (unpaired) electrons. The topological polar surface area (TPSA) is 53.6 Å².